The third-order valence-corrected chi connectivity index (χ3v) is 1.93. The van der Waals surface area contributed by atoms with E-state index in [4.69, 9.17) is 0 Å². The number of hydrogen-bond acceptors (Lipinski definition) is 2. The number of aromatic nitrogens is 1. The number of fused-ring (bicyclic) bond motifs is 1. The fourth-order valence-electron chi connectivity index (χ4n) is 1.35. The number of pyridine rings is 1. The molecule has 0 saturated carbocycles. The highest BCUT2D eigenvalue weighted by Crippen LogP contribution is 2.24. The van der Waals surface area contributed by atoms with E-state index in [1.54, 1.807) is 6.20 Å². The monoisotopic (exact) mass is 147 g/mol. The van der Waals surface area contributed by atoms with Crippen molar-refractivity contribution in [3.05, 3.63) is 29.5 Å². The van der Waals surface area contributed by atoms with Gasteiger partial charge in [0.2, 0.25) is 5.88 Å². The van der Waals surface area contributed by atoms with Crippen molar-refractivity contribution in [3.8, 4) is 5.88 Å². The van der Waals surface area contributed by atoms with E-state index in [0.29, 0.717) is 0 Å². The topological polar surface area (TPSA) is 33.1 Å². The highest BCUT2D eigenvalue weighted by Gasteiger charge is 2.08. The predicted molar refractivity (Wildman–Crippen MR) is 43.3 cm³/mol. The minimum Gasteiger partial charge on any atom is -0.493 e. The maximum atomic E-state index is 9.31. The summed E-state index contributed by atoms with van der Waals surface area (Å²) in [6.45, 7) is 0. The molecule has 1 aliphatic rings. The molecule has 1 N–H and O–H groups in total. The summed E-state index contributed by atoms with van der Waals surface area (Å²) in [5.41, 5.74) is 2.08. The summed E-state index contributed by atoms with van der Waals surface area (Å²) in [5.74, 6) is 0.187. The molecule has 0 spiro atoms. The van der Waals surface area contributed by atoms with Crippen LogP contribution < -0.4 is 0 Å². The van der Waals surface area contributed by atoms with Gasteiger partial charge in [0.15, 0.2) is 0 Å². The molecule has 1 heterocycles. The minimum atomic E-state index is 0.187. The fourth-order valence-corrected chi connectivity index (χ4v) is 1.35. The van der Waals surface area contributed by atoms with Crippen molar-refractivity contribution in [2.45, 2.75) is 12.8 Å². The Balaban J connectivity index is 2.60. The first-order valence-electron chi connectivity index (χ1n) is 3.71. The molecule has 1 aromatic rings. The Labute approximate surface area is 65.2 Å². The molecular weight excluding hydrogens is 138 g/mol. The maximum Gasteiger partial charge on any atom is 0.214 e. The Kier molecular flexibility index (Phi) is 1.39. The van der Waals surface area contributed by atoms with Crippen molar-refractivity contribution in [2.24, 2.45) is 0 Å². The molecule has 0 aromatic carbocycles. The molecule has 2 rings (SSSR count). The Hall–Kier alpha value is -1.31. The highest BCUT2D eigenvalue weighted by molar-refractivity contribution is 5.57. The molecule has 0 atom stereocenters. The average Bonchev–Trinajstić information content (AvgIpc) is 2.06. The van der Waals surface area contributed by atoms with E-state index < -0.39 is 0 Å². The molecule has 0 bridgehead atoms. The first-order chi connectivity index (χ1) is 5.38. The summed E-state index contributed by atoms with van der Waals surface area (Å²) in [5, 5.41) is 9.31. The summed E-state index contributed by atoms with van der Waals surface area (Å²) in [6, 6.07) is 1.92. The van der Waals surface area contributed by atoms with Crippen LogP contribution in [0.15, 0.2) is 18.3 Å². The first-order valence-corrected chi connectivity index (χ1v) is 3.71. The lowest BCUT2D eigenvalue weighted by Gasteiger charge is -2.09. The lowest BCUT2D eigenvalue weighted by molar-refractivity contribution is 0.445. The van der Waals surface area contributed by atoms with Gasteiger partial charge in [-0.1, -0.05) is 12.2 Å². The summed E-state index contributed by atoms with van der Waals surface area (Å²) < 4.78 is 0. The van der Waals surface area contributed by atoms with E-state index in [-0.39, 0.29) is 5.88 Å². The van der Waals surface area contributed by atoms with Crippen molar-refractivity contribution in [1.29, 1.82) is 0 Å². The second-order valence-electron chi connectivity index (χ2n) is 2.64. The summed E-state index contributed by atoms with van der Waals surface area (Å²) in [4.78, 5) is 3.81. The van der Waals surface area contributed by atoms with Gasteiger partial charge in [-0.3, -0.25) is 0 Å². The Morgan fingerprint density at radius 2 is 2.36 bits per heavy atom. The van der Waals surface area contributed by atoms with Gasteiger partial charge in [-0.2, -0.15) is 0 Å². The molecule has 2 heteroatoms. The molecule has 0 radical (unpaired) electrons. The maximum absolute atomic E-state index is 9.31. The molecule has 0 saturated heterocycles. The van der Waals surface area contributed by atoms with Crippen molar-refractivity contribution in [1.82, 2.24) is 4.98 Å². The van der Waals surface area contributed by atoms with Crippen molar-refractivity contribution >= 4 is 6.08 Å². The molecule has 0 fully saturated rings. The van der Waals surface area contributed by atoms with Crippen LogP contribution in [0.5, 0.6) is 5.88 Å². The van der Waals surface area contributed by atoms with Crippen LogP contribution in [0, 0.1) is 0 Å². The third-order valence-electron chi connectivity index (χ3n) is 1.93. The van der Waals surface area contributed by atoms with E-state index >= 15 is 0 Å². The van der Waals surface area contributed by atoms with Gasteiger partial charge in [0.25, 0.3) is 0 Å². The molecule has 2 nitrogen and oxygen atoms in total. The van der Waals surface area contributed by atoms with Gasteiger partial charge in [-0.05, 0) is 24.5 Å². The van der Waals surface area contributed by atoms with Crippen LogP contribution in [0.4, 0.5) is 0 Å². The van der Waals surface area contributed by atoms with Crippen LogP contribution >= 0.6 is 0 Å². The second kappa shape index (κ2) is 2.38. The van der Waals surface area contributed by atoms with E-state index in [1.807, 2.05) is 12.1 Å². The van der Waals surface area contributed by atoms with Gasteiger partial charge in [0.05, 0.1) is 0 Å². The van der Waals surface area contributed by atoms with E-state index in [9.17, 15) is 5.11 Å². The highest BCUT2D eigenvalue weighted by atomic mass is 16.3. The van der Waals surface area contributed by atoms with Crippen LogP contribution in [0.2, 0.25) is 0 Å². The van der Waals surface area contributed by atoms with Crippen LogP contribution in [-0.4, -0.2) is 10.1 Å². The van der Waals surface area contributed by atoms with Gasteiger partial charge in [-0.25, -0.2) is 4.98 Å². The van der Waals surface area contributed by atoms with Crippen molar-refractivity contribution < 1.29 is 5.11 Å². The zero-order valence-electron chi connectivity index (χ0n) is 6.12. The quantitative estimate of drug-likeness (QED) is 0.606. The summed E-state index contributed by atoms with van der Waals surface area (Å²) in [7, 11) is 0. The van der Waals surface area contributed by atoms with Gasteiger partial charge in [-0.15, -0.1) is 0 Å². The van der Waals surface area contributed by atoms with Crippen molar-refractivity contribution in [3.63, 3.8) is 0 Å². The molecule has 1 aromatic heterocycles. The third kappa shape index (κ3) is 1.00. The zero-order valence-corrected chi connectivity index (χ0v) is 6.12. The molecule has 0 unspecified atom stereocenters. The molecular formula is C9H9NO. The van der Waals surface area contributed by atoms with Crippen LogP contribution in [-0.2, 0) is 6.42 Å². The standard InChI is InChI=1S/C9H9NO/c11-9-8-4-2-1-3-7(8)5-6-10-9/h1,3,5-6H,2,4H2,(H,10,11). The number of hydrogen-bond donors (Lipinski definition) is 1. The molecule has 11 heavy (non-hydrogen) atoms. The largest absolute Gasteiger partial charge is 0.493 e. The molecule has 0 amide bonds. The SMILES string of the molecule is Oc1nccc2c1CCC=C2. The van der Waals surface area contributed by atoms with Gasteiger partial charge >= 0.3 is 0 Å². The number of nitrogens with zero attached hydrogens (tertiary/aromatic N) is 1. The van der Waals surface area contributed by atoms with Crippen LogP contribution in [0.1, 0.15) is 17.5 Å². The Morgan fingerprint density at radius 1 is 1.45 bits per heavy atom. The molecule has 0 aliphatic heterocycles. The van der Waals surface area contributed by atoms with Crippen LogP contribution in [0.25, 0.3) is 6.08 Å². The van der Waals surface area contributed by atoms with E-state index in [1.165, 1.54) is 0 Å². The number of rotatable bonds is 0. The fraction of sp³-hybridized carbons (Fsp3) is 0.222. The number of allylic oxidation sites excluding steroid dienone is 1. The predicted octanol–water partition coefficient (Wildman–Crippen LogP) is 1.75. The first kappa shape index (κ1) is 6.40. The van der Waals surface area contributed by atoms with Crippen LogP contribution in [0.3, 0.4) is 0 Å². The second-order valence-corrected chi connectivity index (χ2v) is 2.64. The van der Waals surface area contributed by atoms with E-state index in [0.717, 1.165) is 24.0 Å². The lowest BCUT2D eigenvalue weighted by Crippen LogP contribution is -1.95. The van der Waals surface area contributed by atoms with Crippen molar-refractivity contribution in [2.75, 3.05) is 0 Å². The lowest BCUT2D eigenvalue weighted by atomic mass is 9.99. The van der Waals surface area contributed by atoms with Gasteiger partial charge in [0, 0.05) is 11.8 Å². The molecule has 56 valence electrons. The van der Waals surface area contributed by atoms with Gasteiger partial charge < -0.3 is 5.11 Å². The van der Waals surface area contributed by atoms with Gasteiger partial charge in [0.1, 0.15) is 0 Å². The average molecular weight is 147 g/mol. The summed E-state index contributed by atoms with van der Waals surface area (Å²) >= 11 is 0. The Bertz CT molecular complexity index is 304. The molecule has 1 aliphatic carbocycles. The summed E-state index contributed by atoms with van der Waals surface area (Å²) in [6.07, 6.45) is 7.68. The Morgan fingerprint density at radius 3 is 3.18 bits per heavy atom. The van der Waals surface area contributed by atoms with E-state index in [2.05, 4.69) is 11.1 Å². The normalized spacial score (nSPS) is 14.5. The zero-order chi connectivity index (χ0) is 7.68. The minimum absolute atomic E-state index is 0.187. The smallest absolute Gasteiger partial charge is 0.214 e. The number of aromatic hydroxyl groups is 1.